The smallest absolute Gasteiger partial charge is 0.315 e. The van der Waals surface area contributed by atoms with Crippen molar-refractivity contribution in [1.29, 1.82) is 0 Å². The molecule has 2 fully saturated rings. The van der Waals surface area contributed by atoms with Gasteiger partial charge in [-0.05, 0) is 12.8 Å². The number of fused-ring (bicyclic) bond motifs is 1. The van der Waals surface area contributed by atoms with Crippen molar-refractivity contribution in [2.75, 3.05) is 5.75 Å². The molecule has 6 heteroatoms. The van der Waals surface area contributed by atoms with Gasteiger partial charge in [-0.1, -0.05) is 6.37 Å². The third-order valence-electron chi connectivity index (χ3n) is 2.61. The van der Waals surface area contributed by atoms with Crippen molar-refractivity contribution < 1.29 is 20.2 Å². The highest BCUT2D eigenvalue weighted by molar-refractivity contribution is 8.00. The molecule has 0 aromatic rings. The van der Waals surface area contributed by atoms with Crippen LogP contribution in [0.4, 0.5) is 4.79 Å². The van der Waals surface area contributed by atoms with E-state index in [9.17, 15) is 9.59 Å². The second-order valence-electron chi connectivity index (χ2n) is 3.75. The van der Waals surface area contributed by atoms with Crippen LogP contribution in [0.15, 0.2) is 0 Å². The number of hydrogen-bond donors (Lipinski definition) is 3. The topological polar surface area (TPSA) is 78.4 Å². The summed E-state index contributed by atoms with van der Waals surface area (Å²) < 4.78 is 31.0. The zero-order chi connectivity index (χ0) is 15.1. The molecule has 90 valence electrons. The maximum absolute atomic E-state index is 11.2. The second-order valence-corrected chi connectivity index (χ2v) is 5.02. The number of nitrogens with one attached hydrogen (secondary N) is 2. The van der Waals surface area contributed by atoms with Gasteiger partial charge in [0.25, 0.3) is 0 Å². The molecule has 0 spiro atoms. The van der Waals surface area contributed by atoms with E-state index in [0.29, 0.717) is 5.75 Å². The Morgan fingerprint density at radius 1 is 1.56 bits per heavy atom. The molecule has 0 aromatic carbocycles. The summed E-state index contributed by atoms with van der Waals surface area (Å²) in [5.41, 5.74) is 0. The zero-order valence-electron chi connectivity index (χ0n) is 12.5. The average Bonchev–Trinajstić information content (AvgIpc) is 2.77. The number of carbonyl (C=O) groups is 2. The van der Waals surface area contributed by atoms with Crippen LogP contribution in [-0.4, -0.2) is 40.2 Å². The summed E-state index contributed by atoms with van der Waals surface area (Å²) in [7, 11) is 0. The molecule has 3 unspecified atom stereocenters. The van der Waals surface area contributed by atoms with Gasteiger partial charge >= 0.3 is 12.0 Å². The average molecular weight is 248 g/mol. The van der Waals surface area contributed by atoms with E-state index in [1.54, 1.807) is 0 Å². The molecule has 0 radical (unpaired) electrons. The molecule has 3 atom stereocenters. The Labute approximate surface area is 104 Å². The summed E-state index contributed by atoms with van der Waals surface area (Å²) in [4.78, 5) is 21.9. The SMILES string of the molecule is [2H]C([2H])(CC(=O)O)C([2H])([2H])CC1SCC2NC(=O)NC21. The Morgan fingerprint density at radius 3 is 3.12 bits per heavy atom. The first-order valence-corrected chi connectivity index (χ1v) is 6.08. The molecule has 0 aliphatic carbocycles. The molecular weight excluding hydrogens is 228 g/mol. The van der Waals surface area contributed by atoms with Gasteiger partial charge in [0, 0.05) is 22.9 Å². The molecule has 2 heterocycles. The lowest BCUT2D eigenvalue weighted by Gasteiger charge is -2.16. The van der Waals surface area contributed by atoms with Crippen LogP contribution < -0.4 is 10.6 Å². The maximum Gasteiger partial charge on any atom is 0.315 e. The number of amides is 2. The molecule has 5 nitrogen and oxygen atoms in total. The molecule has 2 aliphatic heterocycles. The van der Waals surface area contributed by atoms with E-state index in [0.717, 1.165) is 0 Å². The Kier molecular flexibility index (Phi) is 2.30. The van der Waals surface area contributed by atoms with Crippen molar-refractivity contribution in [1.82, 2.24) is 10.6 Å². The van der Waals surface area contributed by atoms with Crippen LogP contribution in [0.2, 0.25) is 0 Å². The van der Waals surface area contributed by atoms with Gasteiger partial charge in [-0.3, -0.25) is 4.79 Å². The normalized spacial score (nSPS) is 37.5. The Bertz CT molecular complexity index is 435. The summed E-state index contributed by atoms with van der Waals surface area (Å²) in [6, 6.07) is -0.596. The van der Waals surface area contributed by atoms with E-state index in [-0.39, 0.29) is 29.8 Å². The van der Waals surface area contributed by atoms with Gasteiger partial charge in [0.1, 0.15) is 0 Å². The van der Waals surface area contributed by atoms with Crippen LogP contribution >= 0.6 is 11.8 Å². The number of carbonyl (C=O) groups excluding carboxylic acids is 1. The fraction of sp³-hybridized carbons (Fsp3) is 0.800. The fourth-order valence-corrected chi connectivity index (χ4v) is 3.29. The molecule has 0 saturated carbocycles. The van der Waals surface area contributed by atoms with E-state index in [4.69, 9.17) is 10.6 Å². The maximum atomic E-state index is 11.2. The summed E-state index contributed by atoms with van der Waals surface area (Å²) >= 11 is 1.47. The third kappa shape index (κ3) is 2.61. The highest BCUT2D eigenvalue weighted by Gasteiger charge is 2.42. The summed E-state index contributed by atoms with van der Waals surface area (Å²) in [5, 5.41) is 13.8. The predicted octanol–water partition coefficient (Wildman–Crippen LogP) is 0.797. The molecule has 16 heavy (non-hydrogen) atoms. The van der Waals surface area contributed by atoms with Gasteiger partial charge in [0.05, 0.1) is 12.1 Å². The molecular formula is C10H16N2O3S. The van der Waals surface area contributed by atoms with Crippen LogP contribution in [0.1, 0.15) is 31.1 Å². The number of rotatable bonds is 5. The number of aliphatic carboxylic acids is 1. The summed E-state index contributed by atoms with van der Waals surface area (Å²) in [6.07, 6.45) is -5.74. The first kappa shape index (κ1) is 7.42. The van der Waals surface area contributed by atoms with E-state index in [2.05, 4.69) is 10.6 Å². The number of carboxylic acids is 1. The van der Waals surface area contributed by atoms with Gasteiger partial charge in [-0.2, -0.15) is 11.8 Å². The van der Waals surface area contributed by atoms with Gasteiger partial charge in [-0.25, -0.2) is 4.79 Å². The van der Waals surface area contributed by atoms with Gasteiger partial charge in [0.15, 0.2) is 0 Å². The minimum Gasteiger partial charge on any atom is -0.481 e. The van der Waals surface area contributed by atoms with Crippen LogP contribution in [0.3, 0.4) is 0 Å². The van der Waals surface area contributed by atoms with E-state index >= 15 is 0 Å². The molecule has 2 aliphatic rings. The van der Waals surface area contributed by atoms with Crippen molar-refractivity contribution in [3.05, 3.63) is 0 Å². The number of urea groups is 1. The van der Waals surface area contributed by atoms with Crippen molar-refractivity contribution in [2.45, 2.75) is 42.9 Å². The Hall–Kier alpha value is -0.910. The van der Waals surface area contributed by atoms with Gasteiger partial charge in [0.2, 0.25) is 0 Å². The van der Waals surface area contributed by atoms with Crippen LogP contribution in [0.25, 0.3) is 0 Å². The van der Waals surface area contributed by atoms with Crippen LogP contribution in [0.5, 0.6) is 0 Å². The molecule has 3 N–H and O–H groups in total. The lowest BCUT2D eigenvalue weighted by Crippen LogP contribution is -2.36. The highest BCUT2D eigenvalue weighted by atomic mass is 32.2. The Morgan fingerprint density at radius 2 is 2.38 bits per heavy atom. The predicted molar refractivity (Wildman–Crippen MR) is 61.6 cm³/mol. The first-order valence-electron chi connectivity index (χ1n) is 7.03. The van der Waals surface area contributed by atoms with Crippen molar-refractivity contribution in [3.8, 4) is 0 Å². The number of hydrogen-bond acceptors (Lipinski definition) is 3. The standard InChI is InChI=1S/C10H16N2O3S/c13-8(14)4-2-1-3-7-9-6(5-16-7)11-10(15)12-9/h6-7,9H,1-5H2,(H,13,14)(H2,11,12,15)/i1D2,2D2. The minimum atomic E-state index is -2.45. The third-order valence-corrected chi connectivity index (χ3v) is 4.05. The van der Waals surface area contributed by atoms with Crippen molar-refractivity contribution in [3.63, 3.8) is 0 Å². The van der Waals surface area contributed by atoms with Crippen LogP contribution in [-0.2, 0) is 4.79 Å². The van der Waals surface area contributed by atoms with E-state index in [1.165, 1.54) is 11.8 Å². The van der Waals surface area contributed by atoms with Crippen molar-refractivity contribution in [2.24, 2.45) is 0 Å². The largest absolute Gasteiger partial charge is 0.481 e. The molecule has 0 aromatic heterocycles. The molecule has 2 saturated heterocycles. The number of thioether (sulfide) groups is 1. The lowest BCUT2D eigenvalue weighted by atomic mass is 10.0. The zero-order valence-corrected chi connectivity index (χ0v) is 9.34. The monoisotopic (exact) mass is 248 g/mol. The summed E-state index contributed by atoms with van der Waals surface area (Å²) in [5.74, 6) is -0.724. The quantitative estimate of drug-likeness (QED) is 0.629. The van der Waals surface area contributed by atoms with Gasteiger partial charge in [-0.15, -0.1) is 0 Å². The fourth-order valence-electron chi connectivity index (χ4n) is 1.88. The van der Waals surface area contributed by atoms with Crippen molar-refractivity contribution >= 4 is 23.8 Å². The van der Waals surface area contributed by atoms with E-state index in [1.807, 2.05) is 0 Å². The number of carboxylic acid groups (broad SMARTS) is 1. The minimum absolute atomic E-state index is 0.0707. The molecule has 2 amide bonds. The summed E-state index contributed by atoms with van der Waals surface area (Å²) in [6.45, 7) is 0. The highest BCUT2D eigenvalue weighted by Crippen LogP contribution is 2.33. The Balaban J connectivity index is 2.04. The molecule has 0 bridgehead atoms. The lowest BCUT2D eigenvalue weighted by molar-refractivity contribution is -0.137. The van der Waals surface area contributed by atoms with Crippen LogP contribution in [0, 0.1) is 0 Å². The van der Waals surface area contributed by atoms with E-state index < -0.39 is 25.1 Å². The first-order chi connectivity index (χ1) is 9.12. The second kappa shape index (κ2) is 4.95. The molecule has 2 rings (SSSR count). The van der Waals surface area contributed by atoms with Gasteiger partial charge < -0.3 is 15.7 Å².